The van der Waals surface area contributed by atoms with E-state index in [1.165, 1.54) is 11.1 Å². The number of hydrogen-bond acceptors (Lipinski definition) is 2. The van der Waals surface area contributed by atoms with Crippen LogP contribution in [0.5, 0.6) is 0 Å². The van der Waals surface area contributed by atoms with E-state index in [0.717, 1.165) is 26.3 Å². The topological polar surface area (TPSA) is 12.5 Å². The van der Waals surface area contributed by atoms with E-state index in [-0.39, 0.29) is 0 Å². The molecular weight excluding hydrogens is 210 g/mol. The van der Waals surface area contributed by atoms with E-state index < -0.39 is 0 Å². The van der Waals surface area contributed by atoms with Crippen LogP contribution >= 0.6 is 0 Å². The molecule has 0 radical (unpaired) electrons. The molecule has 1 aliphatic rings. The molecule has 0 bridgehead atoms. The van der Waals surface area contributed by atoms with Crippen LogP contribution in [0, 0.1) is 6.92 Å². The second-order valence-electron chi connectivity index (χ2n) is 4.66. The SMILES string of the molecule is Cc1ccc(/C=C\C(C)N2CCOCC2)cc1. The average Bonchev–Trinajstić information content (AvgIpc) is 2.39. The first-order valence-electron chi connectivity index (χ1n) is 6.32. The van der Waals surface area contributed by atoms with Gasteiger partial charge in [-0.1, -0.05) is 42.0 Å². The Hall–Kier alpha value is -1.12. The maximum absolute atomic E-state index is 5.36. The van der Waals surface area contributed by atoms with Gasteiger partial charge in [0, 0.05) is 19.1 Å². The van der Waals surface area contributed by atoms with E-state index in [1.807, 2.05) is 0 Å². The molecule has 1 aliphatic heterocycles. The summed E-state index contributed by atoms with van der Waals surface area (Å²) in [6.07, 6.45) is 4.48. The molecular formula is C15H21NO. The Morgan fingerprint density at radius 1 is 1.18 bits per heavy atom. The Morgan fingerprint density at radius 2 is 1.82 bits per heavy atom. The summed E-state index contributed by atoms with van der Waals surface area (Å²) in [6, 6.07) is 9.12. The monoisotopic (exact) mass is 231 g/mol. The number of aryl methyl sites for hydroxylation is 1. The Bertz CT molecular complexity index is 363. The molecule has 2 heteroatoms. The van der Waals surface area contributed by atoms with Crippen LogP contribution in [-0.4, -0.2) is 37.2 Å². The average molecular weight is 231 g/mol. The van der Waals surface area contributed by atoms with Gasteiger partial charge in [-0.05, 0) is 19.4 Å². The summed E-state index contributed by atoms with van der Waals surface area (Å²) in [4.78, 5) is 2.45. The molecule has 0 spiro atoms. The molecule has 0 aromatic heterocycles. The molecule has 1 atom stereocenters. The maximum Gasteiger partial charge on any atom is 0.0594 e. The van der Waals surface area contributed by atoms with Gasteiger partial charge in [0.05, 0.1) is 13.2 Å². The van der Waals surface area contributed by atoms with Crippen LogP contribution < -0.4 is 0 Å². The molecule has 1 heterocycles. The van der Waals surface area contributed by atoms with Crippen LogP contribution in [-0.2, 0) is 4.74 Å². The Balaban J connectivity index is 1.92. The van der Waals surface area contributed by atoms with Crippen molar-refractivity contribution in [3.8, 4) is 0 Å². The smallest absolute Gasteiger partial charge is 0.0594 e. The van der Waals surface area contributed by atoms with Gasteiger partial charge in [0.25, 0.3) is 0 Å². The third-order valence-corrected chi connectivity index (χ3v) is 3.27. The summed E-state index contributed by atoms with van der Waals surface area (Å²) < 4.78 is 5.36. The van der Waals surface area contributed by atoms with Gasteiger partial charge in [-0.3, -0.25) is 4.90 Å². The van der Waals surface area contributed by atoms with Gasteiger partial charge in [-0.25, -0.2) is 0 Å². The van der Waals surface area contributed by atoms with Crippen molar-refractivity contribution in [2.75, 3.05) is 26.3 Å². The standard InChI is InChI=1S/C15H21NO/c1-13-3-6-15(7-4-13)8-5-14(2)16-9-11-17-12-10-16/h3-8,14H,9-12H2,1-2H3/b8-5-. The minimum atomic E-state index is 0.486. The lowest BCUT2D eigenvalue weighted by atomic mass is 10.1. The van der Waals surface area contributed by atoms with E-state index in [9.17, 15) is 0 Å². The minimum absolute atomic E-state index is 0.486. The molecule has 92 valence electrons. The zero-order valence-electron chi connectivity index (χ0n) is 10.7. The minimum Gasteiger partial charge on any atom is -0.379 e. The molecule has 0 saturated carbocycles. The van der Waals surface area contributed by atoms with Gasteiger partial charge in [-0.15, -0.1) is 0 Å². The third-order valence-electron chi connectivity index (χ3n) is 3.27. The summed E-state index contributed by atoms with van der Waals surface area (Å²) in [5.41, 5.74) is 2.58. The second kappa shape index (κ2) is 5.99. The fourth-order valence-electron chi connectivity index (χ4n) is 2.03. The zero-order chi connectivity index (χ0) is 12.1. The lowest BCUT2D eigenvalue weighted by Crippen LogP contribution is -2.41. The van der Waals surface area contributed by atoms with Crippen LogP contribution in [0.1, 0.15) is 18.1 Å². The fourth-order valence-corrected chi connectivity index (χ4v) is 2.03. The van der Waals surface area contributed by atoms with Crippen molar-refractivity contribution in [1.82, 2.24) is 4.90 Å². The van der Waals surface area contributed by atoms with Gasteiger partial charge < -0.3 is 4.74 Å². The second-order valence-corrected chi connectivity index (χ2v) is 4.66. The number of morpholine rings is 1. The van der Waals surface area contributed by atoms with Crippen molar-refractivity contribution < 1.29 is 4.74 Å². The summed E-state index contributed by atoms with van der Waals surface area (Å²) in [5.74, 6) is 0. The van der Waals surface area contributed by atoms with Crippen molar-refractivity contribution in [2.45, 2.75) is 19.9 Å². The fraction of sp³-hybridized carbons (Fsp3) is 0.467. The summed E-state index contributed by atoms with van der Waals surface area (Å²) in [6.45, 7) is 8.17. The van der Waals surface area contributed by atoms with Crippen molar-refractivity contribution in [2.24, 2.45) is 0 Å². The van der Waals surface area contributed by atoms with E-state index in [1.54, 1.807) is 0 Å². The van der Waals surface area contributed by atoms with Crippen LogP contribution in [0.15, 0.2) is 30.3 Å². The molecule has 1 unspecified atom stereocenters. The van der Waals surface area contributed by atoms with Crippen LogP contribution in [0.4, 0.5) is 0 Å². The highest BCUT2D eigenvalue weighted by Crippen LogP contribution is 2.09. The van der Waals surface area contributed by atoms with Crippen LogP contribution in [0.25, 0.3) is 6.08 Å². The summed E-state index contributed by atoms with van der Waals surface area (Å²) in [7, 11) is 0. The molecule has 1 saturated heterocycles. The first kappa shape index (κ1) is 12.3. The van der Waals surface area contributed by atoms with Crippen LogP contribution in [0.2, 0.25) is 0 Å². The highest BCUT2D eigenvalue weighted by Gasteiger charge is 2.14. The molecule has 2 rings (SSSR count). The Kier molecular flexibility index (Phi) is 4.35. The number of hydrogen-bond donors (Lipinski definition) is 0. The van der Waals surface area contributed by atoms with E-state index in [0.29, 0.717) is 6.04 Å². The van der Waals surface area contributed by atoms with Crippen molar-refractivity contribution in [3.05, 3.63) is 41.5 Å². The number of benzene rings is 1. The predicted molar refractivity (Wildman–Crippen MR) is 72.1 cm³/mol. The molecule has 17 heavy (non-hydrogen) atoms. The molecule has 0 aliphatic carbocycles. The third kappa shape index (κ3) is 3.69. The lowest BCUT2D eigenvalue weighted by molar-refractivity contribution is 0.0288. The first-order chi connectivity index (χ1) is 8.25. The van der Waals surface area contributed by atoms with E-state index in [4.69, 9.17) is 4.74 Å². The molecule has 1 fully saturated rings. The summed E-state index contributed by atoms with van der Waals surface area (Å²) >= 11 is 0. The summed E-state index contributed by atoms with van der Waals surface area (Å²) in [5, 5.41) is 0. The van der Waals surface area contributed by atoms with Gasteiger partial charge in [0.15, 0.2) is 0 Å². The first-order valence-corrected chi connectivity index (χ1v) is 6.32. The zero-order valence-corrected chi connectivity index (χ0v) is 10.7. The molecule has 1 aromatic carbocycles. The largest absolute Gasteiger partial charge is 0.379 e. The highest BCUT2D eigenvalue weighted by atomic mass is 16.5. The molecule has 0 N–H and O–H groups in total. The van der Waals surface area contributed by atoms with Gasteiger partial charge in [0.2, 0.25) is 0 Å². The normalized spacial score (nSPS) is 19.6. The number of ether oxygens (including phenoxy) is 1. The Morgan fingerprint density at radius 3 is 2.47 bits per heavy atom. The van der Waals surface area contributed by atoms with Crippen molar-refractivity contribution in [3.63, 3.8) is 0 Å². The van der Waals surface area contributed by atoms with E-state index in [2.05, 4.69) is 55.2 Å². The van der Waals surface area contributed by atoms with Crippen molar-refractivity contribution in [1.29, 1.82) is 0 Å². The number of nitrogens with zero attached hydrogens (tertiary/aromatic N) is 1. The van der Waals surface area contributed by atoms with Gasteiger partial charge >= 0.3 is 0 Å². The predicted octanol–water partition coefficient (Wildman–Crippen LogP) is 2.73. The maximum atomic E-state index is 5.36. The van der Waals surface area contributed by atoms with Gasteiger partial charge in [0.1, 0.15) is 0 Å². The quantitative estimate of drug-likeness (QED) is 0.793. The number of rotatable bonds is 3. The molecule has 0 amide bonds. The van der Waals surface area contributed by atoms with E-state index >= 15 is 0 Å². The van der Waals surface area contributed by atoms with Crippen LogP contribution in [0.3, 0.4) is 0 Å². The van der Waals surface area contributed by atoms with Gasteiger partial charge in [-0.2, -0.15) is 0 Å². The molecule has 2 nitrogen and oxygen atoms in total. The Labute approximate surface area is 104 Å². The highest BCUT2D eigenvalue weighted by molar-refractivity contribution is 5.50. The lowest BCUT2D eigenvalue weighted by Gasteiger charge is -2.30. The van der Waals surface area contributed by atoms with Crippen molar-refractivity contribution >= 4 is 6.08 Å². The molecule has 1 aromatic rings.